The Balaban J connectivity index is 1.62. The summed E-state index contributed by atoms with van der Waals surface area (Å²) in [6.45, 7) is 5.50. The third-order valence-electron chi connectivity index (χ3n) is 5.29. The minimum atomic E-state index is 0.501. The highest BCUT2D eigenvalue weighted by atomic mass is 15.6. The summed E-state index contributed by atoms with van der Waals surface area (Å²) in [4.78, 5) is 2.50. The molecule has 150 valence electrons. The van der Waals surface area contributed by atoms with Gasteiger partial charge in [-0.3, -0.25) is 4.90 Å². The first kappa shape index (κ1) is 21.5. The predicted molar refractivity (Wildman–Crippen MR) is 114 cm³/mol. The van der Waals surface area contributed by atoms with Gasteiger partial charge in [-0.2, -0.15) is 15.8 Å². The maximum atomic E-state index is 4.09. The lowest BCUT2D eigenvalue weighted by molar-refractivity contribution is 0.326. The summed E-state index contributed by atoms with van der Waals surface area (Å²) in [7, 11) is 1.62. The number of rotatable bonds is 13. The normalized spacial score (nSPS) is 18.1. The molecule has 1 aromatic carbocycles. The van der Waals surface area contributed by atoms with Gasteiger partial charge in [-0.1, -0.05) is 74.9 Å². The molecule has 0 bridgehead atoms. The number of nitrogens with zero attached hydrogens (tertiary/aromatic N) is 4. The van der Waals surface area contributed by atoms with Crippen LogP contribution in [-0.4, -0.2) is 31.3 Å². The molecule has 1 fully saturated rings. The third-order valence-corrected chi connectivity index (χ3v) is 5.29. The van der Waals surface area contributed by atoms with Crippen molar-refractivity contribution >= 4 is 6.21 Å². The van der Waals surface area contributed by atoms with E-state index in [1.807, 2.05) is 6.21 Å². The molecule has 1 saturated heterocycles. The molecule has 1 aliphatic rings. The van der Waals surface area contributed by atoms with Gasteiger partial charge in [-0.15, -0.1) is 0 Å². The van der Waals surface area contributed by atoms with E-state index < -0.39 is 0 Å². The summed E-state index contributed by atoms with van der Waals surface area (Å²) in [6, 6.07) is 9.25. The van der Waals surface area contributed by atoms with E-state index in [1.54, 1.807) is 7.05 Å². The van der Waals surface area contributed by atoms with E-state index in [1.165, 1.54) is 62.5 Å². The molecule has 1 atom stereocenters. The van der Waals surface area contributed by atoms with Gasteiger partial charge in [0.15, 0.2) is 0 Å². The van der Waals surface area contributed by atoms with Gasteiger partial charge < -0.3 is 0 Å². The molecule has 0 amide bonds. The lowest BCUT2D eigenvalue weighted by Crippen LogP contribution is -2.20. The van der Waals surface area contributed by atoms with Crippen LogP contribution in [0.5, 0.6) is 0 Å². The van der Waals surface area contributed by atoms with Crippen molar-refractivity contribution in [1.29, 1.82) is 0 Å². The first-order valence-electron chi connectivity index (χ1n) is 10.7. The predicted octanol–water partition coefficient (Wildman–Crippen LogP) is 5.37. The van der Waals surface area contributed by atoms with Crippen LogP contribution in [0.4, 0.5) is 0 Å². The van der Waals surface area contributed by atoms with Crippen LogP contribution < -0.4 is 5.53 Å². The highest BCUT2D eigenvalue weighted by molar-refractivity contribution is 5.61. The van der Waals surface area contributed by atoms with Gasteiger partial charge in [0, 0.05) is 25.2 Å². The summed E-state index contributed by atoms with van der Waals surface area (Å²) in [5.74, 6) is 0.501. The number of hydrazone groups is 1. The lowest BCUT2D eigenvalue weighted by atomic mass is 10.0. The van der Waals surface area contributed by atoms with Crippen molar-refractivity contribution in [3.8, 4) is 0 Å². The van der Waals surface area contributed by atoms with Gasteiger partial charge in [-0.05, 0) is 36.9 Å². The van der Waals surface area contributed by atoms with Crippen LogP contribution in [0, 0.1) is 5.92 Å². The molecule has 27 heavy (non-hydrogen) atoms. The van der Waals surface area contributed by atoms with Crippen molar-refractivity contribution in [2.45, 2.75) is 71.3 Å². The van der Waals surface area contributed by atoms with Gasteiger partial charge in [0.1, 0.15) is 0 Å². The Morgan fingerprint density at radius 1 is 1.04 bits per heavy atom. The molecule has 1 heterocycles. The lowest BCUT2D eigenvalue weighted by Gasteiger charge is -2.15. The third kappa shape index (κ3) is 9.14. The Hall–Kier alpha value is -1.75. The van der Waals surface area contributed by atoms with Crippen LogP contribution in [0.3, 0.4) is 0 Å². The van der Waals surface area contributed by atoms with E-state index in [2.05, 4.69) is 57.1 Å². The Morgan fingerprint density at radius 3 is 2.48 bits per heavy atom. The van der Waals surface area contributed by atoms with Crippen molar-refractivity contribution in [3.63, 3.8) is 0 Å². The number of aryl methyl sites for hydroxylation is 1. The van der Waals surface area contributed by atoms with Gasteiger partial charge in [0.25, 0.3) is 0 Å². The van der Waals surface area contributed by atoms with Gasteiger partial charge >= 0.3 is 0 Å². The van der Waals surface area contributed by atoms with Crippen LogP contribution in [0.15, 0.2) is 39.7 Å². The SMILES string of the molecule is CCCCCCCCCc1ccc(CN2CCC(/C=N/NN=NC)C2)cc1. The Kier molecular flexibility index (Phi) is 10.7. The molecule has 1 N–H and O–H groups in total. The van der Waals surface area contributed by atoms with E-state index in [0.717, 1.165) is 26.1 Å². The molecule has 5 heteroatoms. The Bertz CT molecular complexity index is 552. The second-order valence-corrected chi connectivity index (χ2v) is 7.65. The van der Waals surface area contributed by atoms with Crippen molar-refractivity contribution in [1.82, 2.24) is 10.4 Å². The van der Waals surface area contributed by atoms with E-state index in [9.17, 15) is 0 Å². The number of likely N-dealkylation sites (tertiary alicyclic amines) is 1. The summed E-state index contributed by atoms with van der Waals surface area (Å²) in [6.07, 6.45) is 14.0. The van der Waals surface area contributed by atoms with E-state index in [4.69, 9.17) is 0 Å². The van der Waals surface area contributed by atoms with Crippen molar-refractivity contribution in [2.24, 2.45) is 21.4 Å². The van der Waals surface area contributed by atoms with E-state index in [0.29, 0.717) is 5.92 Å². The molecule has 1 aliphatic heterocycles. The second kappa shape index (κ2) is 13.4. The van der Waals surface area contributed by atoms with Crippen LogP contribution in [0.25, 0.3) is 0 Å². The zero-order chi connectivity index (χ0) is 19.2. The molecule has 0 aromatic heterocycles. The number of hydrogen-bond acceptors (Lipinski definition) is 4. The second-order valence-electron chi connectivity index (χ2n) is 7.65. The van der Waals surface area contributed by atoms with E-state index >= 15 is 0 Å². The molecule has 0 saturated carbocycles. The number of unbranched alkanes of at least 4 members (excludes halogenated alkanes) is 6. The fraction of sp³-hybridized carbons (Fsp3) is 0.682. The van der Waals surface area contributed by atoms with Crippen LogP contribution in [-0.2, 0) is 13.0 Å². The molecule has 2 rings (SSSR count). The minimum absolute atomic E-state index is 0.501. The molecule has 1 unspecified atom stereocenters. The van der Waals surface area contributed by atoms with Crippen LogP contribution in [0.1, 0.15) is 69.4 Å². The first-order chi connectivity index (χ1) is 13.3. The fourth-order valence-corrected chi connectivity index (χ4v) is 3.69. The standard InChI is InChI=1S/C22H37N5/c1-3-4-5-6-7-8-9-10-20-11-13-21(14-12-20)18-27-16-15-22(19-27)17-24-26-25-23-2/h11-14,17,22H,3-10,15-16,18-19H2,1-2H3,(H,23,26)/b24-17+. The molecule has 0 radical (unpaired) electrons. The number of benzene rings is 1. The van der Waals surface area contributed by atoms with Crippen LogP contribution >= 0.6 is 0 Å². The summed E-state index contributed by atoms with van der Waals surface area (Å²) in [5, 5.41) is 11.3. The van der Waals surface area contributed by atoms with Gasteiger partial charge in [0.2, 0.25) is 0 Å². The largest absolute Gasteiger partial charge is 0.298 e. The zero-order valence-corrected chi connectivity index (χ0v) is 17.2. The summed E-state index contributed by atoms with van der Waals surface area (Å²) >= 11 is 0. The molecular formula is C22H37N5. The quantitative estimate of drug-likeness (QED) is 0.219. The highest BCUT2D eigenvalue weighted by Crippen LogP contribution is 2.18. The van der Waals surface area contributed by atoms with Gasteiger partial charge in [-0.25, -0.2) is 0 Å². The first-order valence-corrected chi connectivity index (χ1v) is 10.7. The Labute approximate surface area is 165 Å². The number of nitrogens with one attached hydrogen (secondary N) is 1. The maximum Gasteiger partial charge on any atom is 0.0509 e. The van der Waals surface area contributed by atoms with Crippen LogP contribution in [0.2, 0.25) is 0 Å². The smallest absolute Gasteiger partial charge is 0.0509 e. The molecule has 0 spiro atoms. The molecule has 0 aliphatic carbocycles. The number of hydrogen-bond donors (Lipinski definition) is 1. The summed E-state index contributed by atoms with van der Waals surface area (Å²) < 4.78 is 0. The topological polar surface area (TPSA) is 52.3 Å². The van der Waals surface area contributed by atoms with Crippen molar-refractivity contribution < 1.29 is 0 Å². The monoisotopic (exact) mass is 371 g/mol. The highest BCUT2D eigenvalue weighted by Gasteiger charge is 2.20. The molecular weight excluding hydrogens is 334 g/mol. The average Bonchev–Trinajstić information content (AvgIpc) is 3.13. The van der Waals surface area contributed by atoms with Gasteiger partial charge in [0.05, 0.1) is 7.05 Å². The fourth-order valence-electron chi connectivity index (χ4n) is 3.69. The maximum absolute atomic E-state index is 4.09. The zero-order valence-electron chi connectivity index (χ0n) is 17.2. The minimum Gasteiger partial charge on any atom is -0.298 e. The molecule has 1 aromatic rings. The average molecular weight is 372 g/mol. The summed E-state index contributed by atoms with van der Waals surface area (Å²) in [5.41, 5.74) is 5.47. The molecule has 5 nitrogen and oxygen atoms in total. The van der Waals surface area contributed by atoms with Crippen molar-refractivity contribution in [2.75, 3.05) is 20.1 Å². The Morgan fingerprint density at radius 2 is 1.74 bits per heavy atom. The van der Waals surface area contributed by atoms with E-state index in [-0.39, 0.29) is 0 Å². The van der Waals surface area contributed by atoms with Crippen molar-refractivity contribution in [3.05, 3.63) is 35.4 Å².